The molecule has 68 valence electrons. The molecule has 0 saturated heterocycles. The Morgan fingerprint density at radius 1 is 1.27 bits per heavy atom. The van der Waals surface area contributed by atoms with Crippen molar-refractivity contribution in [3.05, 3.63) is 0 Å². The van der Waals surface area contributed by atoms with Crippen LogP contribution in [0.25, 0.3) is 0 Å². The van der Waals surface area contributed by atoms with Crippen LogP contribution in [-0.2, 0) is 14.3 Å². The Kier molecular flexibility index (Phi) is 11.1. The van der Waals surface area contributed by atoms with Crippen LogP contribution in [-0.4, -0.2) is 45.9 Å². The van der Waals surface area contributed by atoms with Gasteiger partial charge in [-0.25, -0.2) is 0 Å². The first-order chi connectivity index (χ1) is 5.08. The molecule has 0 saturated carbocycles. The van der Waals surface area contributed by atoms with Gasteiger partial charge >= 0.3 is 0 Å². The molecule has 0 rings (SSSR count). The van der Waals surface area contributed by atoms with Gasteiger partial charge in [0.15, 0.2) is 6.29 Å². The molecule has 1 amide bonds. The summed E-state index contributed by atoms with van der Waals surface area (Å²) >= 11 is 0. The van der Waals surface area contributed by atoms with E-state index >= 15 is 0 Å². The van der Waals surface area contributed by atoms with Gasteiger partial charge in [-0.05, 0) is 6.92 Å². The van der Waals surface area contributed by atoms with Gasteiger partial charge < -0.3 is 14.4 Å². The molecular weight excluding hydrogens is 146 g/mol. The molecule has 0 N–H and O–H groups in total. The number of methoxy groups -OCH3 is 2. The number of hydrogen-bond acceptors (Lipinski definition) is 3. The summed E-state index contributed by atoms with van der Waals surface area (Å²) in [5.41, 5.74) is 0. The van der Waals surface area contributed by atoms with Gasteiger partial charge in [0.05, 0.1) is 0 Å². The lowest BCUT2D eigenvalue weighted by Gasteiger charge is -2.03. The summed E-state index contributed by atoms with van der Waals surface area (Å²) in [4.78, 5) is 10.9. The van der Waals surface area contributed by atoms with Gasteiger partial charge in [-0.2, -0.15) is 0 Å². The smallest absolute Gasteiger partial charge is 0.209 e. The number of ether oxygens (including phenoxy) is 2. The Morgan fingerprint density at radius 3 is 1.55 bits per heavy atom. The van der Waals surface area contributed by atoms with E-state index in [0.29, 0.717) is 0 Å². The van der Waals surface area contributed by atoms with Gasteiger partial charge in [0.25, 0.3) is 0 Å². The Balaban J connectivity index is 0. The van der Waals surface area contributed by atoms with Crippen molar-refractivity contribution >= 4 is 6.41 Å². The number of carbonyl (C=O) groups excluding carboxylic acids is 1. The fourth-order valence-electron chi connectivity index (χ4n) is 0.0962. The van der Waals surface area contributed by atoms with E-state index in [-0.39, 0.29) is 6.29 Å². The van der Waals surface area contributed by atoms with E-state index in [1.54, 1.807) is 28.3 Å². The lowest BCUT2D eigenvalue weighted by Crippen LogP contribution is -2.06. The van der Waals surface area contributed by atoms with E-state index in [4.69, 9.17) is 0 Å². The van der Waals surface area contributed by atoms with Gasteiger partial charge in [0.2, 0.25) is 6.41 Å². The first-order valence-electron chi connectivity index (χ1n) is 3.25. The van der Waals surface area contributed by atoms with Crippen molar-refractivity contribution in [1.82, 2.24) is 4.90 Å². The minimum absolute atomic E-state index is 0.0648. The molecule has 0 radical (unpaired) electrons. The lowest BCUT2D eigenvalue weighted by atomic mass is 10.8. The molecule has 11 heavy (non-hydrogen) atoms. The molecule has 0 spiro atoms. The van der Waals surface area contributed by atoms with Crippen LogP contribution in [0.5, 0.6) is 0 Å². The fraction of sp³-hybridized carbons (Fsp3) is 0.857. The van der Waals surface area contributed by atoms with E-state index in [0.717, 1.165) is 6.41 Å². The minimum atomic E-state index is -0.0648. The minimum Gasteiger partial charge on any atom is -0.356 e. The Labute approximate surface area is 68.1 Å². The van der Waals surface area contributed by atoms with Crippen molar-refractivity contribution in [3.63, 3.8) is 0 Å². The zero-order valence-corrected chi connectivity index (χ0v) is 7.83. The Bertz CT molecular complexity index is 81.8. The molecule has 4 nitrogen and oxygen atoms in total. The van der Waals surface area contributed by atoms with Crippen LogP contribution in [0.3, 0.4) is 0 Å². The summed E-state index contributed by atoms with van der Waals surface area (Å²) in [6, 6.07) is 0. The van der Waals surface area contributed by atoms with Crippen LogP contribution in [0.4, 0.5) is 0 Å². The highest BCUT2D eigenvalue weighted by atomic mass is 16.7. The van der Waals surface area contributed by atoms with Gasteiger partial charge in [-0.3, -0.25) is 4.79 Å². The average Bonchev–Trinajstić information content (AvgIpc) is 2.04. The third-order valence-electron chi connectivity index (χ3n) is 0.875. The molecule has 0 unspecified atom stereocenters. The second-order valence-corrected chi connectivity index (χ2v) is 2.11. The molecule has 0 heterocycles. The zero-order valence-electron chi connectivity index (χ0n) is 7.83. The molecule has 0 aliphatic carbocycles. The number of rotatable bonds is 3. The van der Waals surface area contributed by atoms with Crippen molar-refractivity contribution in [1.29, 1.82) is 0 Å². The Morgan fingerprint density at radius 2 is 1.55 bits per heavy atom. The summed E-state index contributed by atoms with van der Waals surface area (Å²) in [6.45, 7) is 1.83. The van der Waals surface area contributed by atoms with Crippen LogP contribution in [0.2, 0.25) is 0 Å². The van der Waals surface area contributed by atoms with Crippen molar-refractivity contribution < 1.29 is 14.3 Å². The van der Waals surface area contributed by atoms with Crippen LogP contribution in [0.15, 0.2) is 0 Å². The van der Waals surface area contributed by atoms with Gasteiger partial charge in [-0.15, -0.1) is 0 Å². The van der Waals surface area contributed by atoms with E-state index in [1.807, 2.05) is 6.92 Å². The van der Waals surface area contributed by atoms with Crippen molar-refractivity contribution in [2.24, 2.45) is 0 Å². The molecule has 0 aromatic heterocycles. The highest BCUT2D eigenvalue weighted by Crippen LogP contribution is 1.82. The summed E-state index contributed by atoms with van der Waals surface area (Å²) in [5.74, 6) is 0. The van der Waals surface area contributed by atoms with Gasteiger partial charge in [0.1, 0.15) is 0 Å². The molecular formula is C7H17NO3. The average molecular weight is 163 g/mol. The molecule has 0 fully saturated rings. The summed E-state index contributed by atoms with van der Waals surface area (Å²) in [5, 5.41) is 0. The van der Waals surface area contributed by atoms with E-state index in [2.05, 4.69) is 9.47 Å². The third-order valence-corrected chi connectivity index (χ3v) is 0.875. The van der Waals surface area contributed by atoms with Crippen molar-refractivity contribution in [2.45, 2.75) is 13.2 Å². The maximum Gasteiger partial charge on any atom is 0.209 e. The highest BCUT2D eigenvalue weighted by molar-refractivity contribution is 5.45. The lowest BCUT2D eigenvalue weighted by molar-refractivity contribution is -0.115. The van der Waals surface area contributed by atoms with Gasteiger partial charge in [-0.1, -0.05) is 0 Å². The first-order valence-corrected chi connectivity index (χ1v) is 3.25. The van der Waals surface area contributed by atoms with Crippen LogP contribution in [0.1, 0.15) is 6.92 Å². The van der Waals surface area contributed by atoms with Crippen LogP contribution < -0.4 is 0 Å². The molecule has 4 heteroatoms. The van der Waals surface area contributed by atoms with Crippen LogP contribution in [0, 0.1) is 0 Å². The third kappa shape index (κ3) is 17.7. The summed E-state index contributed by atoms with van der Waals surface area (Å²) in [7, 11) is 6.59. The molecule has 0 aromatic carbocycles. The maximum atomic E-state index is 9.43. The van der Waals surface area contributed by atoms with Crippen molar-refractivity contribution in [3.8, 4) is 0 Å². The molecule has 0 bridgehead atoms. The van der Waals surface area contributed by atoms with Crippen molar-refractivity contribution in [2.75, 3.05) is 28.3 Å². The predicted octanol–water partition coefficient (Wildman–Crippen LogP) is 0.330. The maximum absolute atomic E-state index is 9.43. The molecule has 0 atom stereocenters. The number of nitrogens with zero attached hydrogens (tertiary/aromatic N) is 1. The second kappa shape index (κ2) is 9.39. The van der Waals surface area contributed by atoms with E-state index in [9.17, 15) is 4.79 Å². The van der Waals surface area contributed by atoms with Crippen LogP contribution >= 0.6 is 0 Å². The summed E-state index contributed by atoms with van der Waals surface area (Å²) in [6.07, 6.45) is 0.685. The molecule has 0 aliphatic rings. The topological polar surface area (TPSA) is 38.8 Å². The SMILES string of the molecule is CN(C)C=O.COC(C)OC. The molecule has 0 aromatic rings. The summed E-state index contributed by atoms with van der Waals surface area (Å²) < 4.78 is 9.35. The van der Waals surface area contributed by atoms with E-state index < -0.39 is 0 Å². The van der Waals surface area contributed by atoms with Gasteiger partial charge in [0, 0.05) is 28.3 Å². The zero-order chi connectivity index (χ0) is 9.28. The molecule has 0 aliphatic heterocycles. The fourth-order valence-corrected chi connectivity index (χ4v) is 0.0962. The number of hydrogen-bond donors (Lipinski definition) is 0. The quantitative estimate of drug-likeness (QED) is 0.444. The number of amides is 1. The Hall–Kier alpha value is -0.610. The standard InChI is InChI=1S/C4H10O2.C3H7NO/c1-4(5-2)6-3;1-4(2)3-5/h4H,1-3H3;3H,1-2H3. The monoisotopic (exact) mass is 163 g/mol. The second-order valence-electron chi connectivity index (χ2n) is 2.11. The predicted molar refractivity (Wildman–Crippen MR) is 43.2 cm³/mol. The largest absolute Gasteiger partial charge is 0.356 e. The van der Waals surface area contributed by atoms with E-state index in [1.165, 1.54) is 4.90 Å². The first kappa shape index (κ1) is 13.0. The number of carbonyl (C=O) groups is 1. The highest BCUT2D eigenvalue weighted by Gasteiger charge is 1.87. The normalized spacial score (nSPS) is 8.55.